The van der Waals surface area contributed by atoms with E-state index in [4.69, 9.17) is 11.6 Å². The molecule has 23 heavy (non-hydrogen) atoms. The molecule has 1 unspecified atom stereocenters. The molecule has 0 aliphatic heterocycles. The van der Waals surface area contributed by atoms with Gasteiger partial charge in [-0.3, -0.25) is 4.79 Å². The smallest absolute Gasteiger partial charge is 0.324 e. The second-order valence-corrected chi connectivity index (χ2v) is 8.24. The fraction of sp³-hybridized carbons (Fsp3) is 0.214. The van der Waals surface area contributed by atoms with Gasteiger partial charge in [0.25, 0.3) is 10.0 Å². The Bertz CT molecular complexity index is 789. The van der Waals surface area contributed by atoms with Crippen LogP contribution in [0.25, 0.3) is 0 Å². The highest BCUT2D eigenvalue weighted by atomic mass is 35.5. The van der Waals surface area contributed by atoms with Crippen molar-refractivity contribution in [2.24, 2.45) is 0 Å². The average Bonchev–Trinajstić information content (AvgIpc) is 2.95. The van der Waals surface area contributed by atoms with Gasteiger partial charge in [-0.15, -0.1) is 11.3 Å². The molecule has 0 fully saturated rings. The molecule has 2 aromatic rings. The van der Waals surface area contributed by atoms with E-state index in [9.17, 15) is 17.6 Å². The number of hydrogen-bond acceptors (Lipinski definition) is 5. The summed E-state index contributed by atoms with van der Waals surface area (Å²) in [4.78, 5) is 11.9. The van der Waals surface area contributed by atoms with Crippen LogP contribution in [0, 0.1) is 5.82 Å². The number of nitrogens with one attached hydrogen (secondary N) is 1. The summed E-state index contributed by atoms with van der Waals surface area (Å²) < 4.78 is 44.8. The maximum Gasteiger partial charge on any atom is 0.324 e. The van der Waals surface area contributed by atoms with Crippen molar-refractivity contribution in [3.8, 4) is 0 Å². The third-order valence-corrected chi connectivity index (χ3v) is 6.14. The second-order valence-electron chi connectivity index (χ2n) is 4.59. The molecule has 124 valence electrons. The van der Waals surface area contributed by atoms with Gasteiger partial charge in [-0.05, 0) is 36.2 Å². The Morgan fingerprint density at radius 3 is 2.48 bits per heavy atom. The van der Waals surface area contributed by atoms with Gasteiger partial charge in [-0.2, -0.15) is 4.72 Å². The SMILES string of the molecule is COC(=O)C(Cc1ccc(F)cc1)NS(=O)(=O)c1ccc(Cl)s1. The van der Waals surface area contributed by atoms with Crippen LogP contribution in [0.4, 0.5) is 4.39 Å². The predicted octanol–water partition coefficient (Wildman–Crippen LogP) is 2.60. The van der Waals surface area contributed by atoms with Crippen molar-refractivity contribution in [2.45, 2.75) is 16.7 Å². The Hall–Kier alpha value is -1.48. The predicted molar refractivity (Wildman–Crippen MR) is 85.6 cm³/mol. The molecular formula is C14H13ClFNO4S2. The fourth-order valence-electron chi connectivity index (χ4n) is 1.86. The minimum absolute atomic E-state index is 0.00416. The van der Waals surface area contributed by atoms with Crippen molar-refractivity contribution < 1.29 is 22.3 Å². The van der Waals surface area contributed by atoms with Crippen molar-refractivity contribution in [1.29, 1.82) is 0 Å². The molecule has 1 aromatic heterocycles. The number of benzene rings is 1. The van der Waals surface area contributed by atoms with Crippen molar-refractivity contribution in [2.75, 3.05) is 7.11 Å². The van der Waals surface area contributed by atoms with E-state index < -0.39 is 27.9 Å². The topological polar surface area (TPSA) is 72.5 Å². The Balaban J connectivity index is 2.22. The minimum Gasteiger partial charge on any atom is -0.468 e. The molecule has 5 nitrogen and oxygen atoms in total. The van der Waals surface area contributed by atoms with Gasteiger partial charge < -0.3 is 4.74 Å². The van der Waals surface area contributed by atoms with E-state index in [1.165, 1.54) is 36.4 Å². The van der Waals surface area contributed by atoms with Gasteiger partial charge in [-0.25, -0.2) is 12.8 Å². The third-order valence-electron chi connectivity index (χ3n) is 2.95. The molecule has 1 atom stereocenters. The van der Waals surface area contributed by atoms with Crippen LogP contribution in [-0.4, -0.2) is 27.5 Å². The van der Waals surface area contributed by atoms with Gasteiger partial charge in [0.15, 0.2) is 0 Å². The largest absolute Gasteiger partial charge is 0.468 e. The lowest BCUT2D eigenvalue weighted by Crippen LogP contribution is -2.42. The molecule has 0 saturated carbocycles. The molecule has 9 heteroatoms. The van der Waals surface area contributed by atoms with Crippen LogP contribution in [0.5, 0.6) is 0 Å². The molecule has 0 aliphatic carbocycles. The van der Waals surface area contributed by atoms with Crippen LogP contribution in [0.1, 0.15) is 5.56 Å². The second kappa shape index (κ2) is 7.39. The van der Waals surface area contributed by atoms with E-state index in [1.807, 2.05) is 0 Å². The average molecular weight is 378 g/mol. The Morgan fingerprint density at radius 1 is 1.30 bits per heavy atom. The van der Waals surface area contributed by atoms with E-state index in [2.05, 4.69) is 9.46 Å². The lowest BCUT2D eigenvalue weighted by Gasteiger charge is -2.16. The number of rotatable bonds is 6. The highest BCUT2D eigenvalue weighted by Crippen LogP contribution is 2.25. The van der Waals surface area contributed by atoms with E-state index >= 15 is 0 Å². The zero-order valence-corrected chi connectivity index (χ0v) is 14.3. The van der Waals surface area contributed by atoms with Crippen molar-refractivity contribution in [3.63, 3.8) is 0 Å². The molecule has 0 spiro atoms. The zero-order chi connectivity index (χ0) is 17.0. The van der Waals surface area contributed by atoms with Crippen molar-refractivity contribution in [1.82, 2.24) is 4.72 Å². The van der Waals surface area contributed by atoms with Crippen LogP contribution < -0.4 is 4.72 Å². The van der Waals surface area contributed by atoms with Gasteiger partial charge in [0.1, 0.15) is 16.1 Å². The molecule has 0 aliphatic rings. The summed E-state index contributed by atoms with van der Waals surface area (Å²) in [6.45, 7) is 0. The van der Waals surface area contributed by atoms with Gasteiger partial charge in [0.2, 0.25) is 0 Å². The third kappa shape index (κ3) is 4.74. The zero-order valence-electron chi connectivity index (χ0n) is 12.0. The van der Waals surface area contributed by atoms with E-state index in [1.54, 1.807) is 0 Å². The molecule has 2 rings (SSSR count). The first-order chi connectivity index (χ1) is 10.8. The summed E-state index contributed by atoms with van der Waals surface area (Å²) >= 11 is 6.61. The first kappa shape index (κ1) is 17.9. The molecule has 0 bridgehead atoms. The molecule has 0 amide bonds. The van der Waals surface area contributed by atoms with Crippen LogP contribution in [0.3, 0.4) is 0 Å². The Kier molecular flexibility index (Phi) is 5.74. The van der Waals surface area contributed by atoms with Gasteiger partial charge in [0.05, 0.1) is 11.4 Å². The van der Waals surface area contributed by atoms with Crippen LogP contribution in [-0.2, 0) is 26.0 Å². The number of thiophene rings is 1. The summed E-state index contributed by atoms with van der Waals surface area (Å²) in [6.07, 6.45) is 0.0330. The van der Waals surface area contributed by atoms with Crippen molar-refractivity contribution in [3.05, 3.63) is 52.1 Å². The van der Waals surface area contributed by atoms with E-state index in [0.29, 0.717) is 9.90 Å². The highest BCUT2D eigenvalue weighted by molar-refractivity contribution is 7.91. The van der Waals surface area contributed by atoms with Gasteiger partial charge >= 0.3 is 5.97 Å². The monoisotopic (exact) mass is 377 g/mol. The summed E-state index contributed by atoms with van der Waals surface area (Å²) in [5.41, 5.74) is 0.591. The Morgan fingerprint density at radius 2 is 1.96 bits per heavy atom. The van der Waals surface area contributed by atoms with Gasteiger partial charge in [-0.1, -0.05) is 23.7 Å². The first-order valence-electron chi connectivity index (χ1n) is 6.42. The van der Waals surface area contributed by atoms with E-state index in [-0.39, 0.29) is 10.6 Å². The first-order valence-corrected chi connectivity index (χ1v) is 9.09. The molecule has 1 N–H and O–H groups in total. The van der Waals surface area contributed by atoms with Crippen LogP contribution >= 0.6 is 22.9 Å². The molecule has 1 heterocycles. The lowest BCUT2D eigenvalue weighted by molar-refractivity contribution is -0.142. The fourth-order valence-corrected chi connectivity index (χ4v) is 4.54. The minimum atomic E-state index is -3.91. The number of halogens is 2. The van der Waals surface area contributed by atoms with Gasteiger partial charge in [0, 0.05) is 0 Å². The summed E-state index contributed by atoms with van der Waals surface area (Å²) in [6, 6.07) is 7.09. The number of carbonyl (C=O) groups is 1. The maximum absolute atomic E-state index is 12.9. The van der Waals surface area contributed by atoms with E-state index in [0.717, 1.165) is 18.4 Å². The molecular weight excluding hydrogens is 365 g/mol. The van der Waals surface area contributed by atoms with Crippen LogP contribution in [0.15, 0.2) is 40.6 Å². The maximum atomic E-state index is 12.9. The normalized spacial score (nSPS) is 12.8. The Labute approximate surface area is 142 Å². The standard InChI is InChI=1S/C14H13ClFNO4S2/c1-21-14(18)11(8-9-2-4-10(16)5-3-9)17-23(19,20)13-7-6-12(15)22-13/h2-7,11,17H,8H2,1H3. The lowest BCUT2D eigenvalue weighted by atomic mass is 10.1. The number of carbonyl (C=O) groups excluding carboxylic acids is 1. The summed E-state index contributed by atoms with van der Waals surface area (Å²) in [5.74, 6) is -1.15. The molecule has 1 aromatic carbocycles. The number of sulfonamides is 1. The molecule has 0 radical (unpaired) electrons. The number of hydrogen-bond donors (Lipinski definition) is 1. The summed E-state index contributed by atoms with van der Waals surface area (Å²) in [5, 5.41) is 0. The number of ether oxygens (including phenoxy) is 1. The molecule has 0 saturated heterocycles. The van der Waals surface area contributed by atoms with Crippen molar-refractivity contribution >= 4 is 38.9 Å². The number of esters is 1. The summed E-state index contributed by atoms with van der Waals surface area (Å²) in [7, 11) is -2.75. The quantitative estimate of drug-likeness (QED) is 0.785. The van der Waals surface area contributed by atoms with Crippen LogP contribution in [0.2, 0.25) is 4.34 Å². The number of methoxy groups -OCH3 is 1. The highest BCUT2D eigenvalue weighted by Gasteiger charge is 2.27.